The molecule has 0 aliphatic heterocycles. The minimum absolute atomic E-state index is 0.0762. The van der Waals surface area contributed by atoms with Crippen molar-refractivity contribution in [1.82, 2.24) is 14.9 Å². The summed E-state index contributed by atoms with van der Waals surface area (Å²) in [6.45, 7) is 0.366. The molecule has 7 nitrogen and oxygen atoms in total. The van der Waals surface area contributed by atoms with Gasteiger partial charge in [0, 0.05) is 17.5 Å². The van der Waals surface area contributed by atoms with Crippen molar-refractivity contribution in [3.63, 3.8) is 0 Å². The lowest BCUT2D eigenvalue weighted by Crippen LogP contribution is -2.33. The third-order valence-electron chi connectivity index (χ3n) is 6.72. The maximum Gasteiger partial charge on any atom is 0.263 e. The Hall–Kier alpha value is -3.65. The van der Waals surface area contributed by atoms with E-state index >= 15 is 0 Å². The number of nitrogens with one attached hydrogen (secondary N) is 1. The van der Waals surface area contributed by atoms with E-state index in [2.05, 4.69) is 28.5 Å². The van der Waals surface area contributed by atoms with Gasteiger partial charge in [0.05, 0.1) is 25.9 Å². The number of carbonyl (C=O) groups is 1. The molecular weight excluding hydrogens is 474 g/mol. The van der Waals surface area contributed by atoms with E-state index in [1.807, 2.05) is 23.6 Å². The number of nitrogens with zero attached hydrogens (tertiary/aromatic N) is 2. The number of hydrogen-bond donors (Lipinski definition) is 1. The van der Waals surface area contributed by atoms with Gasteiger partial charge in [0.25, 0.3) is 5.56 Å². The van der Waals surface area contributed by atoms with Crippen LogP contribution < -0.4 is 20.3 Å². The summed E-state index contributed by atoms with van der Waals surface area (Å²) in [5, 5.41) is 5.48. The summed E-state index contributed by atoms with van der Waals surface area (Å²) in [5.41, 5.74) is 5.54. The molecule has 186 valence electrons. The lowest BCUT2D eigenvalue weighted by molar-refractivity contribution is -0.121. The van der Waals surface area contributed by atoms with Crippen LogP contribution >= 0.6 is 11.3 Å². The largest absolute Gasteiger partial charge is 0.493 e. The van der Waals surface area contributed by atoms with Crippen LogP contribution in [0.3, 0.4) is 0 Å². The number of fused-ring (bicyclic) bond motifs is 2. The fourth-order valence-corrected chi connectivity index (χ4v) is 5.69. The van der Waals surface area contributed by atoms with Crippen LogP contribution in [-0.2, 0) is 30.6 Å². The van der Waals surface area contributed by atoms with Crippen LogP contribution in [0.2, 0.25) is 0 Å². The number of ether oxygens (including phenoxy) is 2. The molecule has 4 aromatic rings. The first-order valence-corrected chi connectivity index (χ1v) is 13.0. The second kappa shape index (κ2) is 10.5. The quantitative estimate of drug-likeness (QED) is 0.386. The van der Waals surface area contributed by atoms with Crippen LogP contribution in [0.15, 0.2) is 52.9 Å². The third-order valence-corrected chi connectivity index (χ3v) is 7.60. The average molecular weight is 504 g/mol. The lowest BCUT2D eigenvalue weighted by atomic mass is 9.89. The molecule has 36 heavy (non-hydrogen) atoms. The number of carbonyl (C=O) groups excluding carboxylic acids is 1. The predicted molar refractivity (Wildman–Crippen MR) is 142 cm³/mol. The average Bonchev–Trinajstić information content (AvgIpc) is 3.35. The molecule has 1 amide bonds. The van der Waals surface area contributed by atoms with Gasteiger partial charge in [0.15, 0.2) is 11.5 Å². The smallest absolute Gasteiger partial charge is 0.263 e. The Morgan fingerprint density at radius 3 is 2.67 bits per heavy atom. The molecule has 0 spiro atoms. The molecular formula is C28H29N3O4S. The van der Waals surface area contributed by atoms with E-state index < -0.39 is 0 Å². The monoisotopic (exact) mass is 503 g/mol. The Labute approximate surface area is 213 Å². The zero-order valence-electron chi connectivity index (χ0n) is 20.5. The number of hydrogen-bond acceptors (Lipinski definition) is 6. The molecule has 1 aliphatic carbocycles. The van der Waals surface area contributed by atoms with E-state index in [0.29, 0.717) is 34.7 Å². The van der Waals surface area contributed by atoms with Gasteiger partial charge in [-0.05, 0) is 66.5 Å². The molecule has 0 bridgehead atoms. The Bertz CT molecular complexity index is 1470. The Morgan fingerprint density at radius 2 is 1.86 bits per heavy atom. The number of thiophene rings is 1. The van der Waals surface area contributed by atoms with Crippen LogP contribution in [0.4, 0.5) is 0 Å². The summed E-state index contributed by atoms with van der Waals surface area (Å²) in [7, 11) is 3.19. The summed E-state index contributed by atoms with van der Waals surface area (Å²) >= 11 is 1.46. The van der Waals surface area contributed by atoms with Gasteiger partial charge in [-0.15, -0.1) is 11.3 Å². The van der Waals surface area contributed by atoms with Crippen molar-refractivity contribution in [2.75, 3.05) is 20.8 Å². The summed E-state index contributed by atoms with van der Waals surface area (Å²) in [5.74, 6) is 1.08. The second-order valence-corrected chi connectivity index (χ2v) is 9.85. The number of amides is 1. The molecule has 0 saturated heterocycles. The maximum atomic E-state index is 13.4. The Morgan fingerprint density at radius 1 is 1.06 bits per heavy atom. The number of aromatic nitrogens is 2. The van der Waals surface area contributed by atoms with Crippen LogP contribution in [0.25, 0.3) is 21.3 Å². The zero-order valence-corrected chi connectivity index (χ0v) is 21.3. The number of aryl methyl sites for hydroxylation is 2. The van der Waals surface area contributed by atoms with Gasteiger partial charge in [-0.3, -0.25) is 14.2 Å². The van der Waals surface area contributed by atoms with Crippen molar-refractivity contribution in [2.24, 2.45) is 0 Å². The highest BCUT2D eigenvalue weighted by Crippen LogP contribution is 2.33. The number of benzene rings is 2. The van der Waals surface area contributed by atoms with Gasteiger partial charge in [-0.1, -0.05) is 24.3 Å². The molecule has 5 rings (SSSR count). The van der Waals surface area contributed by atoms with Crippen LogP contribution in [0.5, 0.6) is 11.5 Å². The number of rotatable bonds is 8. The first kappa shape index (κ1) is 24.1. The summed E-state index contributed by atoms with van der Waals surface area (Å²) in [6, 6.07) is 12.2. The highest BCUT2D eigenvalue weighted by Gasteiger charge is 2.17. The molecule has 0 saturated carbocycles. The minimum atomic E-state index is -0.232. The molecule has 2 aromatic heterocycles. The van der Waals surface area contributed by atoms with E-state index in [1.165, 1.54) is 46.2 Å². The SMILES string of the molecule is COc1ccc(CCNC(=O)Cn2cnc3scc(-c4ccc5c(c4)CCCC5)c3c2=O)cc1OC. The van der Waals surface area contributed by atoms with Crippen molar-refractivity contribution in [1.29, 1.82) is 0 Å². The standard InChI is InChI=1S/C28H29N3O4S/c1-34-23-10-7-18(13-24(23)35-2)11-12-29-25(32)15-31-17-30-27-26(28(31)33)22(16-36-27)21-9-8-19-5-3-4-6-20(19)14-21/h7-10,13-14,16-17H,3-6,11-12,15H2,1-2H3,(H,29,32). The normalized spacial score (nSPS) is 12.8. The van der Waals surface area contributed by atoms with Crippen molar-refractivity contribution in [3.8, 4) is 22.6 Å². The minimum Gasteiger partial charge on any atom is -0.493 e. The lowest BCUT2D eigenvalue weighted by Gasteiger charge is -2.16. The molecule has 0 fully saturated rings. The van der Waals surface area contributed by atoms with Gasteiger partial charge in [-0.25, -0.2) is 4.98 Å². The summed E-state index contributed by atoms with van der Waals surface area (Å²) in [6.07, 6.45) is 6.73. The van der Waals surface area contributed by atoms with Crippen LogP contribution in [0, 0.1) is 0 Å². The molecule has 8 heteroatoms. The fraction of sp³-hybridized carbons (Fsp3) is 0.321. The van der Waals surface area contributed by atoms with Crippen molar-refractivity contribution >= 4 is 27.5 Å². The maximum absolute atomic E-state index is 13.4. The molecule has 2 heterocycles. The Balaban J connectivity index is 1.29. The van der Waals surface area contributed by atoms with Gasteiger partial charge < -0.3 is 14.8 Å². The van der Waals surface area contributed by atoms with E-state index in [1.54, 1.807) is 14.2 Å². The van der Waals surface area contributed by atoms with E-state index in [4.69, 9.17) is 9.47 Å². The molecule has 0 radical (unpaired) electrons. The van der Waals surface area contributed by atoms with E-state index in [0.717, 1.165) is 29.5 Å². The second-order valence-electron chi connectivity index (χ2n) is 8.99. The fourth-order valence-electron chi connectivity index (χ4n) is 4.79. The highest BCUT2D eigenvalue weighted by molar-refractivity contribution is 7.17. The van der Waals surface area contributed by atoms with Crippen LogP contribution in [0.1, 0.15) is 29.5 Å². The zero-order chi connectivity index (χ0) is 25.1. The van der Waals surface area contributed by atoms with Crippen LogP contribution in [-0.4, -0.2) is 36.2 Å². The molecule has 1 aliphatic rings. The molecule has 0 unspecified atom stereocenters. The molecule has 0 atom stereocenters. The van der Waals surface area contributed by atoms with Crippen molar-refractivity contribution in [2.45, 2.75) is 38.6 Å². The van der Waals surface area contributed by atoms with Crippen molar-refractivity contribution in [3.05, 3.63) is 75.1 Å². The number of methoxy groups -OCH3 is 2. The van der Waals surface area contributed by atoms with E-state index in [-0.39, 0.29) is 18.0 Å². The predicted octanol–water partition coefficient (Wildman–Crippen LogP) is 4.38. The first-order chi connectivity index (χ1) is 17.6. The van der Waals surface area contributed by atoms with E-state index in [9.17, 15) is 9.59 Å². The summed E-state index contributed by atoms with van der Waals surface area (Å²) < 4.78 is 12.0. The van der Waals surface area contributed by atoms with Gasteiger partial charge in [0.2, 0.25) is 5.91 Å². The Kier molecular flexibility index (Phi) is 7.04. The van der Waals surface area contributed by atoms with Gasteiger partial charge in [-0.2, -0.15) is 0 Å². The first-order valence-electron chi connectivity index (χ1n) is 12.1. The van der Waals surface area contributed by atoms with Crippen molar-refractivity contribution < 1.29 is 14.3 Å². The highest BCUT2D eigenvalue weighted by atomic mass is 32.1. The van der Waals surface area contributed by atoms with Gasteiger partial charge in [0.1, 0.15) is 11.4 Å². The topological polar surface area (TPSA) is 82.5 Å². The molecule has 1 N–H and O–H groups in total. The van der Waals surface area contributed by atoms with Gasteiger partial charge >= 0.3 is 0 Å². The third kappa shape index (κ3) is 4.86. The molecule has 2 aromatic carbocycles. The summed E-state index contributed by atoms with van der Waals surface area (Å²) in [4.78, 5) is 31.1.